The first-order valence-corrected chi connectivity index (χ1v) is 7.01. The zero-order chi connectivity index (χ0) is 15.4. The fraction of sp³-hybridized carbons (Fsp3) is 0.857. The second kappa shape index (κ2) is 6.43. The van der Waals surface area contributed by atoms with E-state index in [4.69, 9.17) is 9.84 Å². The molecule has 1 saturated heterocycles. The Bertz CT molecular complexity index is 357. The van der Waals surface area contributed by atoms with Crippen LogP contribution >= 0.6 is 0 Å². The molecule has 1 heterocycles. The molecular formula is C14H26N2O4. The minimum Gasteiger partial charge on any atom is -0.481 e. The lowest BCUT2D eigenvalue weighted by molar-refractivity contribution is -0.138. The summed E-state index contributed by atoms with van der Waals surface area (Å²) in [4.78, 5) is 23.0. The standard InChI is InChI=1S/C14H26N2O4/c1-13(2,3)10(8-11(17)18)15-12(19)16-14(4)6-5-7-20-9-14/h10H,5-9H2,1-4H3,(H,17,18)(H2,15,16,19). The van der Waals surface area contributed by atoms with Gasteiger partial charge in [0.1, 0.15) is 0 Å². The van der Waals surface area contributed by atoms with Crippen molar-refractivity contribution in [3.8, 4) is 0 Å². The van der Waals surface area contributed by atoms with Gasteiger partial charge >= 0.3 is 12.0 Å². The highest BCUT2D eigenvalue weighted by Crippen LogP contribution is 2.22. The van der Waals surface area contributed by atoms with Crippen molar-refractivity contribution in [1.29, 1.82) is 0 Å². The van der Waals surface area contributed by atoms with Crippen LogP contribution in [0.15, 0.2) is 0 Å². The number of nitrogens with one attached hydrogen (secondary N) is 2. The molecule has 1 aliphatic heterocycles. The fourth-order valence-corrected chi connectivity index (χ4v) is 2.25. The van der Waals surface area contributed by atoms with Gasteiger partial charge in [0.25, 0.3) is 0 Å². The first kappa shape index (κ1) is 16.8. The maximum absolute atomic E-state index is 12.1. The SMILES string of the molecule is CC1(NC(=O)NC(CC(=O)O)C(C)(C)C)CCCOC1. The van der Waals surface area contributed by atoms with Crippen LogP contribution in [0.25, 0.3) is 0 Å². The van der Waals surface area contributed by atoms with E-state index >= 15 is 0 Å². The van der Waals surface area contributed by atoms with Gasteiger partial charge in [0.05, 0.1) is 18.6 Å². The molecule has 3 N–H and O–H groups in total. The number of urea groups is 1. The Hall–Kier alpha value is -1.30. The molecular weight excluding hydrogens is 260 g/mol. The molecule has 0 aromatic heterocycles. The van der Waals surface area contributed by atoms with Crippen LogP contribution in [-0.4, -0.2) is 41.9 Å². The Balaban J connectivity index is 2.59. The summed E-state index contributed by atoms with van der Waals surface area (Å²) in [6, 6.07) is -0.757. The Morgan fingerprint density at radius 1 is 1.40 bits per heavy atom. The summed E-state index contributed by atoms with van der Waals surface area (Å²) in [5, 5.41) is 14.6. The summed E-state index contributed by atoms with van der Waals surface area (Å²) in [5.74, 6) is -0.919. The lowest BCUT2D eigenvalue weighted by Crippen LogP contribution is -2.57. The normalized spacial score (nSPS) is 24.8. The first-order chi connectivity index (χ1) is 9.12. The summed E-state index contributed by atoms with van der Waals surface area (Å²) < 4.78 is 5.39. The summed E-state index contributed by atoms with van der Waals surface area (Å²) in [6.07, 6.45) is 1.68. The number of carboxylic acids is 1. The number of amides is 2. The van der Waals surface area contributed by atoms with E-state index in [1.54, 1.807) is 0 Å². The van der Waals surface area contributed by atoms with E-state index in [1.165, 1.54) is 0 Å². The predicted molar refractivity (Wildman–Crippen MR) is 75.6 cm³/mol. The molecule has 2 unspecified atom stereocenters. The monoisotopic (exact) mass is 286 g/mol. The topological polar surface area (TPSA) is 87.7 Å². The highest BCUT2D eigenvalue weighted by atomic mass is 16.5. The van der Waals surface area contributed by atoms with E-state index in [-0.39, 0.29) is 23.4 Å². The van der Waals surface area contributed by atoms with Crippen LogP contribution in [-0.2, 0) is 9.53 Å². The van der Waals surface area contributed by atoms with Gasteiger partial charge in [-0.1, -0.05) is 20.8 Å². The number of hydrogen-bond donors (Lipinski definition) is 3. The highest BCUT2D eigenvalue weighted by molar-refractivity contribution is 5.76. The van der Waals surface area contributed by atoms with Gasteiger partial charge in [-0.15, -0.1) is 0 Å². The molecule has 6 nitrogen and oxygen atoms in total. The molecule has 0 aromatic carbocycles. The number of carboxylic acid groups (broad SMARTS) is 1. The molecule has 20 heavy (non-hydrogen) atoms. The maximum Gasteiger partial charge on any atom is 0.315 e. The summed E-state index contributed by atoms with van der Waals surface area (Å²) in [6.45, 7) is 8.88. The zero-order valence-electron chi connectivity index (χ0n) is 12.8. The molecule has 0 spiro atoms. The Kier molecular flexibility index (Phi) is 5.39. The van der Waals surface area contributed by atoms with Gasteiger partial charge in [-0.3, -0.25) is 4.79 Å². The minimum absolute atomic E-state index is 0.0931. The first-order valence-electron chi connectivity index (χ1n) is 7.01. The van der Waals surface area contributed by atoms with Gasteiger partial charge in [-0.25, -0.2) is 4.79 Å². The molecule has 0 radical (unpaired) electrons. The van der Waals surface area contributed by atoms with Crippen molar-refractivity contribution in [3.63, 3.8) is 0 Å². The van der Waals surface area contributed by atoms with Gasteiger partial charge in [-0.2, -0.15) is 0 Å². The Morgan fingerprint density at radius 3 is 2.50 bits per heavy atom. The molecule has 2 atom stereocenters. The summed E-state index contributed by atoms with van der Waals surface area (Å²) in [7, 11) is 0. The Morgan fingerprint density at radius 2 is 2.05 bits per heavy atom. The number of hydrogen-bond acceptors (Lipinski definition) is 3. The number of ether oxygens (including phenoxy) is 1. The van der Waals surface area contributed by atoms with Crippen LogP contribution in [0, 0.1) is 5.41 Å². The lowest BCUT2D eigenvalue weighted by Gasteiger charge is -2.36. The van der Waals surface area contributed by atoms with E-state index in [0.29, 0.717) is 6.61 Å². The molecule has 0 bridgehead atoms. The van der Waals surface area contributed by atoms with Crippen LogP contribution in [0.5, 0.6) is 0 Å². The van der Waals surface area contributed by atoms with Crippen LogP contribution in [0.2, 0.25) is 0 Å². The van der Waals surface area contributed by atoms with Crippen LogP contribution in [0.4, 0.5) is 4.79 Å². The number of rotatable bonds is 4. The van der Waals surface area contributed by atoms with Gasteiger partial charge < -0.3 is 20.5 Å². The molecule has 116 valence electrons. The largest absolute Gasteiger partial charge is 0.481 e. The lowest BCUT2D eigenvalue weighted by atomic mass is 9.85. The number of carbonyl (C=O) groups excluding carboxylic acids is 1. The van der Waals surface area contributed by atoms with Crippen molar-refractivity contribution in [2.24, 2.45) is 5.41 Å². The molecule has 1 rings (SSSR count). The summed E-state index contributed by atoms with van der Waals surface area (Å²) in [5.41, 5.74) is -0.701. The number of aliphatic carboxylic acids is 1. The highest BCUT2D eigenvalue weighted by Gasteiger charge is 2.32. The average Bonchev–Trinajstić information content (AvgIpc) is 2.26. The third kappa shape index (κ3) is 5.36. The number of carbonyl (C=O) groups is 2. The van der Waals surface area contributed by atoms with Crippen LogP contribution in [0.1, 0.15) is 47.0 Å². The smallest absolute Gasteiger partial charge is 0.315 e. The third-order valence-corrected chi connectivity index (χ3v) is 3.58. The van der Waals surface area contributed by atoms with E-state index in [0.717, 1.165) is 19.4 Å². The third-order valence-electron chi connectivity index (χ3n) is 3.58. The second-order valence-electron chi connectivity index (χ2n) is 6.83. The van der Waals surface area contributed by atoms with Gasteiger partial charge in [0, 0.05) is 12.6 Å². The molecule has 1 aliphatic rings. The van der Waals surface area contributed by atoms with Crippen molar-refractivity contribution in [1.82, 2.24) is 10.6 Å². The van der Waals surface area contributed by atoms with Crippen molar-refractivity contribution >= 4 is 12.0 Å². The molecule has 0 aromatic rings. The van der Waals surface area contributed by atoms with Crippen molar-refractivity contribution < 1.29 is 19.4 Å². The quantitative estimate of drug-likeness (QED) is 0.734. The minimum atomic E-state index is -0.919. The van der Waals surface area contributed by atoms with Gasteiger partial charge in [0.15, 0.2) is 0 Å². The second-order valence-corrected chi connectivity index (χ2v) is 6.83. The fourth-order valence-electron chi connectivity index (χ4n) is 2.25. The Labute approximate surface area is 120 Å². The van der Waals surface area contributed by atoms with Crippen LogP contribution in [0.3, 0.4) is 0 Å². The van der Waals surface area contributed by atoms with Crippen LogP contribution < -0.4 is 10.6 Å². The zero-order valence-corrected chi connectivity index (χ0v) is 12.8. The van der Waals surface area contributed by atoms with Crippen molar-refractivity contribution in [2.45, 2.75) is 58.5 Å². The maximum atomic E-state index is 12.1. The van der Waals surface area contributed by atoms with E-state index in [2.05, 4.69) is 10.6 Å². The van der Waals surface area contributed by atoms with E-state index < -0.39 is 12.0 Å². The molecule has 1 fully saturated rings. The van der Waals surface area contributed by atoms with E-state index in [9.17, 15) is 9.59 Å². The summed E-state index contributed by atoms with van der Waals surface area (Å²) >= 11 is 0. The molecule has 0 aliphatic carbocycles. The van der Waals surface area contributed by atoms with Crippen molar-refractivity contribution in [2.75, 3.05) is 13.2 Å². The predicted octanol–water partition coefficient (Wildman–Crippen LogP) is 1.74. The molecule has 2 amide bonds. The van der Waals surface area contributed by atoms with Crippen molar-refractivity contribution in [3.05, 3.63) is 0 Å². The van der Waals surface area contributed by atoms with Gasteiger partial charge in [-0.05, 0) is 25.2 Å². The average molecular weight is 286 g/mol. The van der Waals surface area contributed by atoms with Gasteiger partial charge in [0.2, 0.25) is 0 Å². The molecule has 0 saturated carbocycles. The molecule has 6 heteroatoms. The van der Waals surface area contributed by atoms with E-state index in [1.807, 2.05) is 27.7 Å².